The van der Waals surface area contributed by atoms with Crippen LogP contribution < -0.4 is 0 Å². The lowest BCUT2D eigenvalue weighted by atomic mass is 9.93. The number of hydrogen-bond acceptors (Lipinski definition) is 4. The van der Waals surface area contributed by atoms with Gasteiger partial charge < -0.3 is 4.57 Å². The summed E-state index contributed by atoms with van der Waals surface area (Å²) in [7, 11) is 0. The lowest BCUT2D eigenvalue weighted by Crippen LogP contribution is -2.02. The Morgan fingerprint density at radius 2 is 0.859 bits per heavy atom. The van der Waals surface area contributed by atoms with Gasteiger partial charge in [0.2, 0.25) is 0 Å². The first-order chi connectivity index (χ1) is 31.7. The van der Waals surface area contributed by atoms with Crippen molar-refractivity contribution in [3.63, 3.8) is 0 Å². The lowest BCUT2D eigenvalue weighted by molar-refractivity contribution is 1.07. The van der Waals surface area contributed by atoms with Crippen LogP contribution in [0.5, 0.6) is 0 Å². The Morgan fingerprint density at radius 1 is 0.328 bits per heavy atom. The first kappa shape index (κ1) is 36.4. The maximum atomic E-state index is 5.29. The van der Waals surface area contributed by atoms with Crippen molar-refractivity contribution in [3.8, 4) is 62.1 Å². The topological polar surface area (TPSA) is 43.6 Å². The molecule has 0 bridgehead atoms. The molecule has 298 valence electrons. The Morgan fingerprint density at radius 3 is 1.61 bits per heavy atom. The van der Waals surface area contributed by atoms with Crippen molar-refractivity contribution in [1.82, 2.24) is 19.5 Å². The molecule has 13 aromatic rings. The van der Waals surface area contributed by atoms with Crippen molar-refractivity contribution in [2.24, 2.45) is 0 Å². The maximum absolute atomic E-state index is 5.29. The van der Waals surface area contributed by atoms with E-state index in [9.17, 15) is 0 Å². The minimum Gasteiger partial charge on any atom is -0.309 e. The largest absolute Gasteiger partial charge is 0.309 e. The number of aromatic nitrogens is 4. The summed E-state index contributed by atoms with van der Waals surface area (Å²) in [6.45, 7) is 0. The summed E-state index contributed by atoms with van der Waals surface area (Å²) in [5, 5.41) is 9.84. The van der Waals surface area contributed by atoms with Crippen molar-refractivity contribution in [2.45, 2.75) is 0 Å². The van der Waals surface area contributed by atoms with E-state index in [1.54, 1.807) is 0 Å². The van der Waals surface area contributed by atoms with Crippen molar-refractivity contribution in [3.05, 3.63) is 218 Å². The van der Waals surface area contributed by atoms with E-state index in [1.165, 1.54) is 63.6 Å². The average molecular weight is 833 g/mol. The van der Waals surface area contributed by atoms with E-state index in [2.05, 4.69) is 199 Å². The molecule has 5 heteroatoms. The summed E-state index contributed by atoms with van der Waals surface area (Å²) in [5.41, 5.74) is 10.8. The molecule has 0 saturated heterocycles. The van der Waals surface area contributed by atoms with Crippen molar-refractivity contribution >= 4 is 74.9 Å². The molecule has 3 heterocycles. The second kappa shape index (κ2) is 14.7. The third-order valence-electron chi connectivity index (χ3n) is 12.6. The van der Waals surface area contributed by atoms with Crippen molar-refractivity contribution < 1.29 is 0 Å². The van der Waals surface area contributed by atoms with Gasteiger partial charge >= 0.3 is 0 Å². The Labute approximate surface area is 373 Å². The van der Waals surface area contributed by atoms with Crippen LogP contribution in [0.1, 0.15) is 0 Å². The zero-order valence-electron chi connectivity index (χ0n) is 34.5. The van der Waals surface area contributed by atoms with Gasteiger partial charge in [-0.3, -0.25) is 0 Å². The number of benzene rings is 10. The van der Waals surface area contributed by atoms with E-state index < -0.39 is 0 Å². The molecule has 0 N–H and O–H groups in total. The standard InChI is InChI=1S/C59H36N4S/c1-3-15-37(16-4-1)38-27-29-40(30-28-38)58-60-57(39-17-5-2-6-18-39)61-59(62-58)44-31-32-52(63-51-25-13-11-23-46(51)48-33-41-19-7-8-20-42(41)36-53(48)63)49(35-44)50-34-43-21-9-10-22-45(43)56-55(50)47-24-12-14-26-54(47)64-56/h1-36H. The number of nitrogens with zero attached hydrogens (tertiary/aromatic N) is 4. The summed E-state index contributed by atoms with van der Waals surface area (Å²) in [6, 6.07) is 78.2. The molecule has 0 unspecified atom stereocenters. The SMILES string of the molecule is c1ccc(-c2ccc(-c3nc(-c4ccccc4)nc(-c4ccc(-n5c6ccccc6c6cc7ccccc7cc65)c(-c5cc6ccccc6c6sc7ccccc7c56)c4)n3)cc2)cc1. The van der Waals surface area contributed by atoms with Gasteiger partial charge in [-0.15, -0.1) is 11.3 Å². The number of para-hydroxylation sites is 1. The van der Waals surface area contributed by atoms with Crippen LogP contribution in [0.4, 0.5) is 0 Å². The molecule has 0 fully saturated rings. The van der Waals surface area contributed by atoms with E-state index in [1.807, 2.05) is 35.6 Å². The average Bonchev–Trinajstić information content (AvgIpc) is 3.92. The quantitative estimate of drug-likeness (QED) is 0.168. The van der Waals surface area contributed by atoms with Crippen LogP contribution in [0.25, 0.3) is 126 Å². The lowest BCUT2D eigenvalue weighted by Gasteiger charge is -2.18. The molecule has 0 aliphatic carbocycles. The van der Waals surface area contributed by atoms with Crippen molar-refractivity contribution in [1.29, 1.82) is 0 Å². The van der Waals surface area contributed by atoms with Gasteiger partial charge in [-0.05, 0) is 86.8 Å². The molecule has 10 aromatic carbocycles. The van der Waals surface area contributed by atoms with E-state index in [0.29, 0.717) is 17.5 Å². The molecule has 13 rings (SSSR count). The van der Waals surface area contributed by atoms with Crippen LogP contribution in [0.3, 0.4) is 0 Å². The van der Waals surface area contributed by atoms with Crippen LogP contribution in [-0.2, 0) is 0 Å². The molecule has 0 aliphatic rings. The fourth-order valence-electron chi connectivity index (χ4n) is 9.57. The highest BCUT2D eigenvalue weighted by Gasteiger charge is 2.22. The van der Waals surface area contributed by atoms with Gasteiger partial charge in [0.1, 0.15) is 0 Å². The number of rotatable bonds is 6. The van der Waals surface area contributed by atoms with Gasteiger partial charge in [0, 0.05) is 53.2 Å². The summed E-state index contributed by atoms with van der Waals surface area (Å²) in [4.78, 5) is 15.7. The van der Waals surface area contributed by atoms with Gasteiger partial charge in [0.25, 0.3) is 0 Å². The third-order valence-corrected chi connectivity index (χ3v) is 13.8. The van der Waals surface area contributed by atoms with Crippen LogP contribution in [-0.4, -0.2) is 19.5 Å². The van der Waals surface area contributed by atoms with Gasteiger partial charge in [-0.1, -0.05) is 170 Å². The van der Waals surface area contributed by atoms with E-state index >= 15 is 0 Å². The third kappa shape index (κ3) is 5.93. The van der Waals surface area contributed by atoms with Crippen molar-refractivity contribution in [2.75, 3.05) is 0 Å². The Hall–Kier alpha value is -8.25. The molecular formula is C59H36N4S. The molecule has 0 aliphatic heterocycles. The monoisotopic (exact) mass is 832 g/mol. The Bertz CT molecular complexity index is 3940. The van der Waals surface area contributed by atoms with E-state index in [4.69, 9.17) is 15.0 Å². The highest BCUT2D eigenvalue weighted by Crippen LogP contribution is 2.47. The molecular weight excluding hydrogens is 797 g/mol. The predicted octanol–water partition coefficient (Wildman–Crippen LogP) is 16.0. The molecule has 0 amide bonds. The van der Waals surface area contributed by atoms with E-state index in [0.717, 1.165) is 44.5 Å². The van der Waals surface area contributed by atoms with Gasteiger partial charge in [-0.2, -0.15) is 0 Å². The van der Waals surface area contributed by atoms with E-state index in [-0.39, 0.29) is 0 Å². The van der Waals surface area contributed by atoms with Crippen LogP contribution in [0.15, 0.2) is 218 Å². The first-order valence-corrected chi connectivity index (χ1v) is 22.4. The second-order valence-corrected chi connectivity index (χ2v) is 17.4. The van der Waals surface area contributed by atoms with Gasteiger partial charge in [0.15, 0.2) is 17.5 Å². The maximum Gasteiger partial charge on any atom is 0.164 e. The fourth-order valence-corrected chi connectivity index (χ4v) is 10.8. The number of hydrogen-bond donors (Lipinski definition) is 0. The van der Waals surface area contributed by atoms with Crippen LogP contribution >= 0.6 is 11.3 Å². The summed E-state index contributed by atoms with van der Waals surface area (Å²) in [5.74, 6) is 1.87. The van der Waals surface area contributed by atoms with Gasteiger partial charge in [0.05, 0.1) is 16.7 Å². The summed E-state index contributed by atoms with van der Waals surface area (Å²) < 4.78 is 5.02. The zero-order valence-corrected chi connectivity index (χ0v) is 35.3. The molecule has 64 heavy (non-hydrogen) atoms. The van der Waals surface area contributed by atoms with Gasteiger partial charge in [-0.25, -0.2) is 15.0 Å². The number of fused-ring (bicyclic) bond motifs is 9. The second-order valence-electron chi connectivity index (χ2n) is 16.4. The highest BCUT2D eigenvalue weighted by atomic mass is 32.1. The smallest absolute Gasteiger partial charge is 0.164 e. The molecule has 0 atom stereocenters. The minimum absolute atomic E-state index is 0.615. The summed E-state index contributed by atoms with van der Waals surface area (Å²) >= 11 is 1.87. The molecule has 0 spiro atoms. The Balaban J connectivity index is 1.11. The van der Waals surface area contributed by atoms with Crippen LogP contribution in [0, 0.1) is 0 Å². The fraction of sp³-hybridized carbons (Fsp3) is 0. The normalized spacial score (nSPS) is 11.8. The zero-order chi connectivity index (χ0) is 42.1. The highest BCUT2D eigenvalue weighted by molar-refractivity contribution is 7.26. The van der Waals surface area contributed by atoms with Crippen LogP contribution in [0.2, 0.25) is 0 Å². The first-order valence-electron chi connectivity index (χ1n) is 21.6. The Kier molecular flexibility index (Phi) is 8.36. The molecule has 3 aromatic heterocycles. The minimum atomic E-state index is 0.615. The predicted molar refractivity (Wildman–Crippen MR) is 269 cm³/mol. The molecule has 0 saturated carbocycles. The summed E-state index contributed by atoms with van der Waals surface area (Å²) in [6.07, 6.45) is 0. The molecule has 0 radical (unpaired) electrons. The molecule has 4 nitrogen and oxygen atoms in total. The number of thiophene rings is 1.